The van der Waals surface area contributed by atoms with Gasteiger partial charge in [-0.25, -0.2) is 13.2 Å². The Morgan fingerprint density at radius 3 is 2.31 bits per heavy atom. The number of para-hydroxylation sites is 1. The predicted octanol–water partition coefficient (Wildman–Crippen LogP) is 2.14. The summed E-state index contributed by atoms with van der Waals surface area (Å²) in [6, 6.07) is 10.5. The smallest absolute Gasteiger partial charge is 0.342 e. The summed E-state index contributed by atoms with van der Waals surface area (Å²) in [4.78, 5) is 24.1. The van der Waals surface area contributed by atoms with Crippen LogP contribution in [0.2, 0.25) is 0 Å². The third kappa shape index (κ3) is 4.40. The molecule has 138 valence electrons. The highest BCUT2D eigenvalue weighted by molar-refractivity contribution is 7.92. The van der Waals surface area contributed by atoms with Crippen molar-refractivity contribution in [2.24, 2.45) is 0 Å². The molecule has 0 aliphatic rings. The van der Waals surface area contributed by atoms with E-state index in [-0.39, 0.29) is 16.9 Å². The van der Waals surface area contributed by atoms with E-state index in [0.29, 0.717) is 11.3 Å². The number of phenolic OH excluding ortho intramolecular Hbond substituents is 1. The number of aryl methyl sites for hydroxylation is 1. The van der Waals surface area contributed by atoms with E-state index >= 15 is 0 Å². The van der Waals surface area contributed by atoms with Crippen molar-refractivity contribution in [2.75, 3.05) is 24.2 Å². The number of carbonyl (C=O) groups excluding carboxylic acids is 2. The SMILES string of the molecule is Cc1cccc(C(=O)OCC(=O)c2ccc(N(C)S(C)(=O)=O)cc2)c1O. The summed E-state index contributed by atoms with van der Waals surface area (Å²) >= 11 is 0. The summed E-state index contributed by atoms with van der Waals surface area (Å²) in [5.74, 6) is -1.43. The molecular formula is C18H19NO6S. The Bertz CT molecular complexity index is 935. The Morgan fingerprint density at radius 2 is 1.73 bits per heavy atom. The van der Waals surface area contributed by atoms with Gasteiger partial charge in [0, 0.05) is 12.6 Å². The van der Waals surface area contributed by atoms with Gasteiger partial charge >= 0.3 is 5.97 Å². The highest BCUT2D eigenvalue weighted by Crippen LogP contribution is 2.22. The molecule has 7 nitrogen and oxygen atoms in total. The van der Waals surface area contributed by atoms with Crippen molar-refractivity contribution in [1.29, 1.82) is 0 Å². The number of ketones is 1. The maximum Gasteiger partial charge on any atom is 0.342 e. The summed E-state index contributed by atoms with van der Waals surface area (Å²) in [6.07, 6.45) is 1.08. The van der Waals surface area contributed by atoms with Gasteiger partial charge in [0.2, 0.25) is 10.0 Å². The van der Waals surface area contributed by atoms with Crippen LogP contribution in [0.25, 0.3) is 0 Å². The maximum atomic E-state index is 12.1. The number of rotatable bonds is 6. The lowest BCUT2D eigenvalue weighted by molar-refractivity contribution is 0.0471. The van der Waals surface area contributed by atoms with Crippen LogP contribution in [0.1, 0.15) is 26.3 Å². The lowest BCUT2D eigenvalue weighted by Crippen LogP contribution is -2.24. The van der Waals surface area contributed by atoms with E-state index < -0.39 is 28.4 Å². The Balaban J connectivity index is 2.04. The molecule has 0 saturated carbocycles. The second-order valence-electron chi connectivity index (χ2n) is 5.75. The molecule has 0 aliphatic carbocycles. The zero-order valence-electron chi connectivity index (χ0n) is 14.6. The van der Waals surface area contributed by atoms with Crippen molar-refractivity contribution in [1.82, 2.24) is 0 Å². The van der Waals surface area contributed by atoms with Gasteiger partial charge in [-0.15, -0.1) is 0 Å². The standard InChI is InChI=1S/C18H19NO6S/c1-12-5-4-6-15(17(12)21)18(22)25-11-16(20)13-7-9-14(10-8-13)19(2)26(3,23)24/h4-10,21H,11H2,1-3H3. The highest BCUT2D eigenvalue weighted by Gasteiger charge is 2.17. The minimum absolute atomic E-state index is 0.0112. The third-order valence-electron chi connectivity index (χ3n) is 3.84. The van der Waals surface area contributed by atoms with Crippen LogP contribution in [0.5, 0.6) is 5.75 Å². The van der Waals surface area contributed by atoms with Gasteiger partial charge in [0.25, 0.3) is 0 Å². The van der Waals surface area contributed by atoms with E-state index in [1.165, 1.54) is 37.4 Å². The fraction of sp³-hybridized carbons (Fsp3) is 0.222. The topological polar surface area (TPSA) is 101 Å². The summed E-state index contributed by atoms with van der Waals surface area (Å²) in [7, 11) is -1.99. The molecule has 0 fully saturated rings. The normalized spacial score (nSPS) is 11.0. The van der Waals surface area contributed by atoms with Crippen LogP contribution in [-0.2, 0) is 14.8 Å². The molecule has 0 heterocycles. The molecule has 26 heavy (non-hydrogen) atoms. The fourth-order valence-electron chi connectivity index (χ4n) is 2.16. The average molecular weight is 377 g/mol. The number of Topliss-reactive ketones (excluding diaryl/α,β-unsaturated/α-hetero) is 1. The van der Waals surface area contributed by atoms with E-state index in [9.17, 15) is 23.1 Å². The molecule has 0 radical (unpaired) electrons. The lowest BCUT2D eigenvalue weighted by atomic mass is 10.1. The van der Waals surface area contributed by atoms with Crippen LogP contribution in [0, 0.1) is 6.92 Å². The second-order valence-corrected chi connectivity index (χ2v) is 7.76. The number of nitrogens with zero attached hydrogens (tertiary/aromatic N) is 1. The van der Waals surface area contributed by atoms with Crippen molar-refractivity contribution in [2.45, 2.75) is 6.92 Å². The molecule has 0 atom stereocenters. The van der Waals surface area contributed by atoms with Gasteiger partial charge in [0.05, 0.1) is 11.9 Å². The number of ether oxygens (including phenoxy) is 1. The monoisotopic (exact) mass is 377 g/mol. The van der Waals surface area contributed by atoms with Gasteiger partial charge in [-0.1, -0.05) is 12.1 Å². The van der Waals surface area contributed by atoms with Gasteiger partial charge in [0.1, 0.15) is 11.3 Å². The summed E-state index contributed by atoms with van der Waals surface area (Å²) in [5.41, 5.74) is 1.20. The average Bonchev–Trinajstić information content (AvgIpc) is 2.60. The first-order valence-corrected chi connectivity index (χ1v) is 9.49. The van der Waals surface area contributed by atoms with E-state index in [4.69, 9.17) is 4.74 Å². The van der Waals surface area contributed by atoms with Crippen LogP contribution < -0.4 is 4.31 Å². The molecule has 2 rings (SSSR count). The number of carbonyl (C=O) groups is 2. The van der Waals surface area contributed by atoms with Crippen molar-refractivity contribution >= 4 is 27.5 Å². The number of aromatic hydroxyl groups is 1. The second kappa shape index (κ2) is 7.57. The van der Waals surface area contributed by atoms with E-state index in [1.807, 2.05) is 0 Å². The van der Waals surface area contributed by atoms with E-state index in [0.717, 1.165) is 10.6 Å². The number of hydrogen-bond donors (Lipinski definition) is 1. The van der Waals surface area contributed by atoms with Crippen LogP contribution in [0.4, 0.5) is 5.69 Å². The van der Waals surface area contributed by atoms with Crippen molar-refractivity contribution in [3.8, 4) is 5.75 Å². The molecule has 8 heteroatoms. The Hall–Kier alpha value is -2.87. The van der Waals surface area contributed by atoms with Crippen LogP contribution in [-0.4, -0.2) is 45.2 Å². The van der Waals surface area contributed by atoms with Gasteiger partial charge in [-0.05, 0) is 42.8 Å². The van der Waals surface area contributed by atoms with Crippen LogP contribution >= 0.6 is 0 Å². The highest BCUT2D eigenvalue weighted by atomic mass is 32.2. The number of anilines is 1. The molecule has 2 aromatic carbocycles. The molecule has 0 aliphatic heterocycles. The van der Waals surface area contributed by atoms with Crippen LogP contribution in [0.15, 0.2) is 42.5 Å². The minimum Gasteiger partial charge on any atom is -0.507 e. The molecule has 0 saturated heterocycles. The summed E-state index contributed by atoms with van der Waals surface area (Å²) in [5, 5.41) is 9.86. The number of sulfonamides is 1. The molecule has 0 bridgehead atoms. The fourth-order valence-corrected chi connectivity index (χ4v) is 2.67. The Kier molecular flexibility index (Phi) is 5.66. The lowest BCUT2D eigenvalue weighted by Gasteiger charge is -2.16. The van der Waals surface area contributed by atoms with Gasteiger partial charge in [0.15, 0.2) is 12.4 Å². The molecule has 0 aromatic heterocycles. The van der Waals surface area contributed by atoms with Gasteiger partial charge < -0.3 is 9.84 Å². The van der Waals surface area contributed by atoms with Gasteiger partial charge in [-0.2, -0.15) is 0 Å². The largest absolute Gasteiger partial charge is 0.507 e. The first-order valence-electron chi connectivity index (χ1n) is 7.64. The van der Waals surface area contributed by atoms with E-state index in [2.05, 4.69) is 0 Å². The number of esters is 1. The third-order valence-corrected chi connectivity index (χ3v) is 5.05. The van der Waals surface area contributed by atoms with Crippen molar-refractivity contribution in [3.05, 3.63) is 59.2 Å². The Labute approximate surface area is 151 Å². The number of benzene rings is 2. The summed E-state index contributed by atoms with van der Waals surface area (Å²) < 4.78 is 29.0. The quantitative estimate of drug-likeness (QED) is 0.611. The molecule has 0 unspecified atom stereocenters. The minimum atomic E-state index is -3.39. The molecule has 0 amide bonds. The Morgan fingerprint density at radius 1 is 1.12 bits per heavy atom. The van der Waals surface area contributed by atoms with Crippen molar-refractivity contribution in [3.63, 3.8) is 0 Å². The van der Waals surface area contributed by atoms with E-state index in [1.54, 1.807) is 19.1 Å². The van der Waals surface area contributed by atoms with Crippen LogP contribution in [0.3, 0.4) is 0 Å². The van der Waals surface area contributed by atoms with Gasteiger partial charge in [-0.3, -0.25) is 9.10 Å². The predicted molar refractivity (Wildman–Crippen MR) is 97.1 cm³/mol. The zero-order chi connectivity index (χ0) is 19.5. The molecule has 0 spiro atoms. The molecular weight excluding hydrogens is 358 g/mol. The number of hydrogen-bond acceptors (Lipinski definition) is 6. The van der Waals surface area contributed by atoms with Crippen molar-refractivity contribution < 1.29 is 27.9 Å². The first-order chi connectivity index (χ1) is 12.1. The molecule has 1 N–H and O–H groups in total. The zero-order valence-corrected chi connectivity index (χ0v) is 15.4. The maximum absolute atomic E-state index is 12.1. The molecule has 2 aromatic rings. The number of phenols is 1. The first kappa shape index (κ1) is 19.5. The summed E-state index contributed by atoms with van der Waals surface area (Å²) in [6.45, 7) is 1.15.